The van der Waals surface area contributed by atoms with E-state index in [1.54, 1.807) is 0 Å². The van der Waals surface area contributed by atoms with Crippen LogP contribution >= 0.6 is 0 Å². The third-order valence-corrected chi connectivity index (χ3v) is 4.64. The van der Waals surface area contributed by atoms with Crippen molar-refractivity contribution in [3.8, 4) is 0 Å². The molecule has 21 heavy (non-hydrogen) atoms. The molecule has 0 spiro atoms. The summed E-state index contributed by atoms with van der Waals surface area (Å²) < 4.78 is 6.09. The van der Waals surface area contributed by atoms with Crippen molar-refractivity contribution >= 4 is 0 Å². The van der Waals surface area contributed by atoms with Crippen LogP contribution in [0.2, 0.25) is 0 Å². The van der Waals surface area contributed by atoms with E-state index in [-0.39, 0.29) is 0 Å². The molecule has 1 aliphatic rings. The van der Waals surface area contributed by atoms with Crippen molar-refractivity contribution in [1.29, 1.82) is 0 Å². The fraction of sp³-hybridized carbons (Fsp3) is 0.684. The summed E-state index contributed by atoms with van der Waals surface area (Å²) in [5.41, 5.74) is 3.22. The predicted octanol–water partition coefficient (Wildman–Crippen LogP) is 4.32. The quantitative estimate of drug-likeness (QED) is 0.755. The van der Waals surface area contributed by atoms with Crippen molar-refractivity contribution < 1.29 is 4.74 Å². The summed E-state index contributed by atoms with van der Waals surface area (Å²) >= 11 is 0. The Hall–Kier alpha value is -0.860. The Labute approximate surface area is 130 Å². The third kappa shape index (κ3) is 5.80. The van der Waals surface area contributed by atoms with Crippen LogP contribution in [0.1, 0.15) is 57.6 Å². The molecule has 1 aromatic carbocycles. The van der Waals surface area contributed by atoms with Gasteiger partial charge in [0.15, 0.2) is 0 Å². The maximum absolute atomic E-state index is 6.09. The summed E-state index contributed by atoms with van der Waals surface area (Å²) in [5.74, 6) is 0. The molecule has 1 fully saturated rings. The minimum absolute atomic E-state index is 0.464. The number of benzene rings is 1. The monoisotopic (exact) mass is 289 g/mol. The molecule has 0 amide bonds. The van der Waals surface area contributed by atoms with E-state index in [9.17, 15) is 0 Å². The van der Waals surface area contributed by atoms with Crippen LogP contribution < -0.4 is 5.32 Å². The van der Waals surface area contributed by atoms with E-state index < -0.39 is 0 Å². The molecular weight excluding hydrogens is 258 g/mol. The molecule has 0 aromatic heterocycles. The van der Waals surface area contributed by atoms with Crippen molar-refractivity contribution in [2.24, 2.45) is 5.41 Å². The molecule has 2 nitrogen and oxygen atoms in total. The van der Waals surface area contributed by atoms with Crippen LogP contribution in [0.5, 0.6) is 0 Å². The van der Waals surface area contributed by atoms with Crippen molar-refractivity contribution in [3.05, 3.63) is 35.4 Å². The van der Waals surface area contributed by atoms with Gasteiger partial charge in [-0.15, -0.1) is 0 Å². The van der Waals surface area contributed by atoms with E-state index in [1.165, 1.54) is 36.8 Å². The highest BCUT2D eigenvalue weighted by Crippen LogP contribution is 2.36. The number of nitrogens with one attached hydrogen (secondary N) is 1. The van der Waals surface area contributed by atoms with Crippen LogP contribution in [0.3, 0.4) is 0 Å². The molecule has 118 valence electrons. The second-order valence-corrected chi connectivity index (χ2v) is 7.09. The molecule has 0 bridgehead atoms. The molecule has 1 aliphatic carbocycles. The normalized spacial score (nSPS) is 18.8. The lowest BCUT2D eigenvalue weighted by atomic mass is 9.76. The summed E-state index contributed by atoms with van der Waals surface area (Å²) in [7, 11) is 0. The minimum Gasteiger partial charge on any atom is -0.374 e. The number of hydrogen-bond acceptors (Lipinski definition) is 2. The van der Waals surface area contributed by atoms with E-state index in [0.717, 1.165) is 26.1 Å². The van der Waals surface area contributed by atoms with E-state index in [4.69, 9.17) is 4.74 Å². The Morgan fingerprint density at radius 1 is 1.10 bits per heavy atom. The maximum atomic E-state index is 6.09. The van der Waals surface area contributed by atoms with Gasteiger partial charge in [-0.1, -0.05) is 45.0 Å². The van der Waals surface area contributed by atoms with Crippen molar-refractivity contribution in [2.75, 3.05) is 13.1 Å². The maximum Gasteiger partial charge on any atom is 0.0720 e. The Kier molecular flexibility index (Phi) is 6.25. The summed E-state index contributed by atoms with van der Waals surface area (Å²) in [6, 6.07) is 8.90. The fourth-order valence-corrected chi connectivity index (χ4v) is 2.97. The molecule has 0 heterocycles. The number of rotatable bonds is 7. The van der Waals surface area contributed by atoms with Gasteiger partial charge in [0.05, 0.1) is 12.7 Å². The first-order valence-corrected chi connectivity index (χ1v) is 8.49. The topological polar surface area (TPSA) is 21.3 Å². The van der Waals surface area contributed by atoms with Crippen molar-refractivity contribution in [1.82, 2.24) is 5.32 Å². The molecule has 2 heteroatoms. The first-order chi connectivity index (χ1) is 10.1. The van der Waals surface area contributed by atoms with Crippen LogP contribution in [0.25, 0.3) is 0 Å². The summed E-state index contributed by atoms with van der Waals surface area (Å²) in [6.07, 6.45) is 6.59. The second-order valence-electron chi connectivity index (χ2n) is 7.09. The molecule has 0 unspecified atom stereocenters. The van der Waals surface area contributed by atoms with Gasteiger partial charge in [0.25, 0.3) is 0 Å². The summed E-state index contributed by atoms with van der Waals surface area (Å²) in [6.45, 7) is 9.75. The number of hydrogen-bond donors (Lipinski definition) is 1. The molecule has 1 saturated carbocycles. The van der Waals surface area contributed by atoms with E-state index in [2.05, 4.69) is 50.4 Å². The first-order valence-electron chi connectivity index (χ1n) is 8.49. The van der Waals surface area contributed by atoms with Crippen LogP contribution in [-0.2, 0) is 17.8 Å². The van der Waals surface area contributed by atoms with Gasteiger partial charge in [-0.2, -0.15) is 0 Å². The zero-order valence-corrected chi connectivity index (χ0v) is 14.0. The fourth-order valence-electron chi connectivity index (χ4n) is 2.97. The molecule has 2 rings (SSSR count). The Morgan fingerprint density at radius 2 is 1.71 bits per heavy atom. The molecule has 0 saturated heterocycles. The highest BCUT2D eigenvalue weighted by atomic mass is 16.5. The second kappa shape index (κ2) is 7.95. The number of likely N-dealkylation sites (N-methyl/N-ethyl adjacent to an activating group) is 1. The van der Waals surface area contributed by atoms with Crippen LogP contribution in [0, 0.1) is 5.41 Å². The molecule has 1 aromatic rings. The summed E-state index contributed by atoms with van der Waals surface area (Å²) in [5, 5.41) is 3.36. The Bertz CT molecular complexity index is 400. The van der Waals surface area contributed by atoms with Crippen LogP contribution in [-0.4, -0.2) is 19.2 Å². The highest BCUT2D eigenvalue weighted by Gasteiger charge is 2.26. The zero-order chi connectivity index (χ0) is 15.1. The average Bonchev–Trinajstić information content (AvgIpc) is 2.48. The first kappa shape index (κ1) is 16.5. The van der Waals surface area contributed by atoms with E-state index in [0.29, 0.717) is 11.5 Å². The molecule has 0 aliphatic heterocycles. The number of ether oxygens (including phenoxy) is 1. The van der Waals surface area contributed by atoms with E-state index >= 15 is 0 Å². The lowest BCUT2D eigenvalue weighted by Crippen LogP contribution is -2.26. The lowest BCUT2D eigenvalue weighted by Gasteiger charge is -2.34. The van der Waals surface area contributed by atoms with Gasteiger partial charge in [0.2, 0.25) is 0 Å². The smallest absolute Gasteiger partial charge is 0.0720 e. The molecule has 0 atom stereocenters. The predicted molar refractivity (Wildman–Crippen MR) is 89.5 cm³/mol. The standard InChI is InChI=1S/C19H31NO/c1-4-20-14-11-16-5-7-17(8-6-16)15-21-18-9-12-19(2,3)13-10-18/h5-8,18,20H,4,9-15H2,1-3H3. The van der Waals surface area contributed by atoms with Gasteiger partial charge in [-0.3, -0.25) is 0 Å². The summed E-state index contributed by atoms with van der Waals surface area (Å²) in [4.78, 5) is 0. The zero-order valence-electron chi connectivity index (χ0n) is 14.0. The van der Waals surface area contributed by atoms with Gasteiger partial charge >= 0.3 is 0 Å². The van der Waals surface area contributed by atoms with Crippen LogP contribution in [0.15, 0.2) is 24.3 Å². The highest BCUT2D eigenvalue weighted by molar-refractivity contribution is 5.22. The van der Waals surface area contributed by atoms with Crippen molar-refractivity contribution in [2.45, 2.75) is 65.6 Å². The molecule has 1 N–H and O–H groups in total. The van der Waals surface area contributed by atoms with E-state index in [1.807, 2.05) is 0 Å². The van der Waals surface area contributed by atoms with Gasteiger partial charge < -0.3 is 10.1 Å². The molecular formula is C19H31NO. The molecule has 0 radical (unpaired) electrons. The van der Waals surface area contributed by atoms with Gasteiger partial charge in [-0.05, 0) is 61.7 Å². The van der Waals surface area contributed by atoms with Crippen molar-refractivity contribution in [3.63, 3.8) is 0 Å². The Morgan fingerprint density at radius 3 is 2.33 bits per heavy atom. The average molecular weight is 289 g/mol. The van der Waals surface area contributed by atoms with Gasteiger partial charge in [-0.25, -0.2) is 0 Å². The van der Waals surface area contributed by atoms with Gasteiger partial charge in [0.1, 0.15) is 0 Å². The lowest BCUT2D eigenvalue weighted by molar-refractivity contribution is -0.00558. The van der Waals surface area contributed by atoms with Crippen LogP contribution in [0.4, 0.5) is 0 Å². The Balaban J connectivity index is 1.71. The largest absolute Gasteiger partial charge is 0.374 e. The third-order valence-electron chi connectivity index (χ3n) is 4.64. The van der Waals surface area contributed by atoms with Gasteiger partial charge in [0, 0.05) is 0 Å². The SMILES string of the molecule is CCNCCc1ccc(COC2CCC(C)(C)CC2)cc1. The minimum atomic E-state index is 0.464.